The number of piperidine rings is 1. The third-order valence-corrected chi connectivity index (χ3v) is 1.71. The summed E-state index contributed by atoms with van der Waals surface area (Å²) in [4.78, 5) is 1.71. The van der Waals surface area contributed by atoms with E-state index in [4.69, 9.17) is 13.0 Å². The van der Waals surface area contributed by atoms with Crippen LogP contribution < -0.4 is 4.90 Å². The maximum absolute atomic E-state index is 9.08. The summed E-state index contributed by atoms with van der Waals surface area (Å²) in [5.41, 5.74) is 0. The van der Waals surface area contributed by atoms with E-state index in [0.29, 0.717) is 6.26 Å². The Labute approximate surface area is 74.3 Å². The Hall–Kier alpha value is -0.130. The van der Waals surface area contributed by atoms with Gasteiger partial charge in [0, 0.05) is 6.26 Å². The summed E-state index contributed by atoms with van der Waals surface area (Å²) in [5, 5.41) is 0. The van der Waals surface area contributed by atoms with Gasteiger partial charge in [-0.2, -0.15) is 0 Å². The second-order valence-electron chi connectivity index (χ2n) is 3.22. The van der Waals surface area contributed by atoms with Gasteiger partial charge in [0.15, 0.2) is 0 Å². The zero-order valence-corrected chi connectivity index (χ0v) is 8.49. The SMILES string of the molecule is CS(=O)(=O)[O-].C[NH+]1CCCCC1. The van der Waals surface area contributed by atoms with Crippen LogP contribution in [-0.4, -0.2) is 39.4 Å². The Kier molecular flexibility index (Phi) is 5.44. The summed E-state index contributed by atoms with van der Waals surface area (Å²) in [6, 6.07) is 0. The highest BCUT2D eigenvalue weighted by Crippen LogP contribution is 1.92. The predicted molar refractivity (Wildman–Crippen MR) is 46.1 cm³/mol. The molecule has 0 amide bonds. The average molecular weight is 195 g/mol. The van der Waals surface area contributed by atoms with Crippen LogP contribution in [0.2, 0.25) is 0 Å². The van der Waals surface area contributed by atoms with Crippen LogP contribution in [0.15, 0.2) is 0 Å². The molecule has 0 saturated carbocycles. The number of hydrogen-bond acceptors (Lipinski definition) is 3. The normalized spacial score (nSPS) is 19.6. The van der Waals surface area contributed by atoms with Crippen molar-refractivity contribution in [2.24, 2.45) is 0 Å². The molecule has 0 aromatic carbocycles. The fourth-order valence-electron chi connectivity index (χ4n) is 1.16. The van der Waals surface area contributed by atoms with Crippen LogP contribution in [0.3, 0.4) is 0 Å². The van der Waals surface area contributed by atoms with E-state index in [0.717, 1.165) is 0 Å². The molecule has 5 heteroatoms. The third kappa shape index (κ3) is 12.5. The average Bonchev–Trinajstić information content (AvgIpc) is 1.85. The zero-order valence-electron chi connectivity index (χ0n) is 7.67. The number of hydrogen-bond donors (Lipinski definition) is 1. The molecule has 1 heterocycles. The van der Waals surface area contributed by atoms with E-state index in [1.807, 2.05) is 0 Å². The van der Waals surface area contributed by atoms with Gasteiger partial charge in [0.1, 0.15) is 0 Å². The first-order valence-corrected chi connectivity index (χ1v) is 5.93. The first-order valence-electron chi connectivity index (χ1n) is 4.12. The van der Waals surface area contributed by atoms with E-state index in [9.17, 15) is 0 Å². The van der Waals surface area contributed by atoms with Gasteiger partial charge in [-0.3, -0.25) is 0 Å². The van der Waals surface area contributed by atoms with Gasteiger partial charge in [-0.05, 0) is 19.3 Å². The quantitative estimate of drug-likeness (QED) is 0.496. The number of likely N-dealkylation sites (tertiary alicyclic amines) is 1. The van der Waals surface area contributed by atoms with Crippen molar-refractivity contribution in [2.45, 2.75) is 19.3 Å². The van der Waals surface area contributed by atoms with Crippen molar-refractivity contribution in [3.05, 3.63) is 0 Å². The van der Waals surface area contributed by atoms with Gasteiger partial charge in [0.05, 0.1) is 30.3 Å². The van der Waals surface area contributed by atoms with Gasteiger partial charge in [-0.15, -0.1) is 0 Å². The summed E-state index contributed by atoms with van der Waals surface area (Å²) >= 11 is 0. The van der Waals surface area contributed by atoms with Crippen LogP contribution in [0.4, 0.5) is 0 Å². The molecule has 1 aliphatic heterocycles. The van der Waals surface area contributed by atoms with Crippen LogP contribution in [0.5, 0.6) is 0 Å². The lowest BCUT2D eigenvalue weighted by atomic mass is 10.1. The lowest BCUT2D eigenvalue weighted by Gasteiger charge is -2.17. The Morgan fingerprint density at radius 3 is 1.67 bits per heavy atom. The molecule has 4 nitrogen and oxygen atoms in total. The van der Waals surface area contributed by atoms with Crippen molar-refractivity contribution < 1.29 is 17.9 Å². The van der Waals surface area contributed by atoms with E-state index >= 15 is 0 Å². The smallest absolute Gasteiger partial charge is 0.0916 e. The van der Waals surface area contributed by atoms with Crippen LogP contribution >= 0.6 is 0 Å². The van der Waals surface area contributed by atoms with Gasteiger partial charge >= 0.3 is 0 Å². The minimum absolute atomic E-state index is 0.604. The molecule has 0 radical (unpaired) electrons. The van der Waals surface area contributed by atoms with Gasteiger partial charge < -0.3 is 9.45 Å². The second kappa shape index (κ2) is 5.50. The number of quaternary nitrogens is 1. The van der Waals surface area contributed by atoms with Crippen molar-refractivity contribution in [1.82, 2.24) is 0 Å². The molecular formula is C7H17NO3S. The first kappa shape index (κ1) is 11.9. The van der Waals surface area contributed by atoms with Crippen molar-refractivity contribution in [3.63, 3.8) is 0 Å². The summed E-state index contributed by atoms with van der Waals surface area (Å²) in [5.74, 6) is 0. The van der Waals surface area contributed by atoms with Crippen molar-refractivity contribution >= 4 is 10.1 Å². The monoisotopic (exact) mass is 195 g/mol. The topological polar surface area (TPSA) is 61.6 Å². The number of nitrogens with one attached hydrogen (secondary N) is 1. The molecule has 12 heavy (non-hydrogen) atoms. The maximum Gasteiger partial charge on any atom is 0.0916 e. The Bertz CT molecular complexity index is 187. The van der Waals surface area contributed by atoms with Gasteiger partial charge in [-0.25, -0.2) is 8.42 Å². The summed E-state index contributed by atoms with van der Waals surface area (Å²) in [7, 11) is -1.64. The standard InChI is InChI=1S/C6H13N.CH4O3S/c1-7-5-3-2-4-6-7;1-5(2,3)4/h2-6H2,1H3;1H3,(H,2,3,4). The summed E-state index contributed by atoms with van der Waals surface area (Å²) in [6.45, 7) is 2.81. The molecular weight excluding hydrogens is 178 g/mol. The van der Waals surface area contributed by atoms with E-state index < -0.39 is 10.1 Å². The van der Waals surface area contributed by atoms with Crippen molar-refractivity contribution in [2.75, 3.05) is 26.4 Å². The Balaban J connectivity index is 0.000000217. The fourth-order valence-corrected chi connectivity index (χ4v) is 1.16. The largest absolute Gasteiger partial charge is 0.748 e. The van der Waals surface area contributed by atoms with Gasteiger partial charge in [0.2, 0.25) is 0 Å². The fraction of sp³-hybridized carbons (Fsp3) is 1.00. The van der Waals surface area contributed by atoms with Gasteiger partial charge in [-0.1, -0.05) is 0 Å². The van der Waals surface area contributed by atoms with Crippen LogP contribution in [0.25, 0.3) is 0 Å². The van der Waals surface area contributed by atoms with Gasteiger partial charge in [0.25, 0.3) is 0 Å². The lowest BCUT2D eigenvalue weighted by molar-refractivity contribution is -0.884. The molecule has 0 unspecified atom stereocenters. The second-order valence-corrected chi connectivity index (χ2v) is 4.63. The minimum atomic E-state index is -3.92. The highest BCUT2D eigenvalue weighted by atomic mass is 32.2. The van der Waals surface area contributed by atoms with E-state index in [1.165, 1.54) is 32.4 Å². The van der Waals surface area contributed by atoms with Crippen LogP contribution in [0, 0.1) is 0 Å². The van der Waals surface area contributed by atoms with E-state index in [1.54, 1.807) is 4.90 Å². The molecule has 0 atom stereocenters. The number of rotatable bonds is 0. The molecule has 0 bridgehead atoms. The molecule has 74 valence electrons. The molecule has 1 rings (SSSR count). The molecule has 1 aliphatic rings. The van der Waals surface area contributed by atoms with Crippen molar-refractivity contribution in [3.8, 4) is 0 Å². The first-order chi connectivity index (χ1) is 5.39. The third-order valence-electron chi connectivity index (χ3n) is 1.71. The highest BCUT2D eigenvalue weighted by molar-refractivity contribution is 7.84. The molecule has 1 N–H and O–H groups in total. The van der Waals surface area contributed by atoms with Crippen LogP contribution in [-0.2, 0) is 10.1 Å². The minimum Gasteiger partial charge on any atom is -0.748 e. The molecule has 0 aliphatic carbocycles. The van der Waals surface area contributed by atoms with Crippen LogP contribution in [0.1, 0.15) is 19.3 Å². The molecule has 1 saturated heterocycles. The maximum atomic E-state index is 9.08. The Morgan fingerprint density at radius 1 is 1.17 bits per heavy atom. The Morgan fingerprint density at radius 2 is 1.50 bits per heavy atom. The van der Waals surface area contributed by atoms with Crippen molar-refractivity contribution in [1.29, 1.82) is 0 Å². The molecule has 0 aromatic rings. The van der Waals surface area contributed by atoms with E-state index in [2.05, 4.69) is 7.05 Å². The summed E-state index contributed by atoms with van der Waals surface area (Å²) < 4.78 is 27.2. The molecule has 0 aromatic heterocycles. The zero-order chi connectivity index (χ0) is 9.61. The summed E-state index contributed by atoms with van der Waals surface area (Å²) in [6.07, 6.45) is 4.97. The molecule has 0 spiro atoms. The highest BCUT2D eigenvalue weighted by Gasteiger charge is 2.05. The molecule has 1 fully saturated rings. The lowest BCUT2D eigenvalue weighted by Crippen LogP contribution is -3.09. The predicted octanol–water partition coefficient (Wildman–Crippen LogP) is -1.15. The van der Waals surface area contributed by atoms with E-state index in [-0.39, 0.29) is 0 Å².